The minimum atomic E-state index is -0.0693. The summed E-state index contributed by atoms with van der Waals surface area (Å²) in [7, 11) is 1.90. The molecule has 0 bridgehead atoms. The molecule has 0 aliphatic heterocycles. The molecule has 0 spiro atoms. The number of amides is 2. The van der Waals surface area contributed by atoms with Crippen LogP contribution in [0.3, 0.4) is 0 Å². The van der Waals surface area contributed by atoms with E-state index in [-0.39, 0.29) is 6.03 Å². The zero-order valence-corrected chi connectivity index (χ0v) is 10.5. The number of hydrogen-bond donors (Lipinski definition) is 2. The number of urea groups is 1. The maximum Gasteiger partial charge on any atom is 0.315 e. The second kappa shape index (κ2) is 5.21. The lowest BCUT2D eigenvalue weighted by atomic mass is 10.2. The van der Waals surface area contributed by atoms with Crippen molar-refractivity contribution < 1.29 is 4.79 Å². The number of aromatic nitrogens is 2. The van der Waals surface area contributed by atoms with Crippen LogP contribution in [0.1, 0.15) is 36.9 Å². The number of nitrogens with zero attached hydrogens (tertiary/aromatic N) is 2. The van der Waals surface area contributed by atoms with Crippen LogP contribution in [-0.4, -0.2) is 21.9 Å². The number of carbonyl (C=O) groups excluding carboxylic acids is 1. The lowest BCUT2D eigenvalue weighted by molar-refractivity contribution is 0.236. The first-order valence-electron chi connectivity index (χ1n) is 6.18. The van der Waals surface area contributed by atoms with Crippen molar-refractivity contribution in [1.82, 2.24) is 20.4 Å². The largest absolute Gasteiger partial charge is 0.335 e. The van der Waals surface area contributed by atoms with E-state index in [1.54, 1.807) is 6.20 Å². The molecule has 5 nitrogen and oxygen atoms in total. The predicted molar refractivity (Wildman–Crippen MR) is 65.6 cm³/mol. The summed E-state index contributed by atoms with van der Waals surface area (Å²) in [5.74, 6) is 0. The summed E-state index contributed by atoms with van der Waals surface area (Å²) in [4.78, 5) is 11.6. The molecule has 1 aliphatic rings. The van der Waals surface area contributed by atoms with Crippen LogP contribution in [-0.2, 0) is 13.6 Å². The van der Waals surface area contributed by atoms with Crippen LogP contribution in [0.25, 0.3) is 0 Å². The number of carbonyl (C=O) groups is 1. The van der Waals surface area contributed by atoms with E-state index in [2.05, 4.69) is 15.7 Å². The lowest BCUT2D eigenvalue weighted by Crippen LogP contribution is -2.40. The second-order valence-electron chi connectivity index (χ2n) is 4.69. The highest BCUT2D eigenvalue weighted by atomic mass is 16.2. The summed E-state index contributed by atoms with van der Waals surface area (Å²) in [6.45, 7) is 2.54. The fourth-order valence-electron chi connectivity index (χ4n) is 2.20. The van der Waals surface area contributed by atoms with E-state index in [1.165, 1.54) is 12.8 Å². The topological polar surface area (TPSA) is 59.0 Å². The van der Waals surface area contributed by atoms with E-state index in [0.29, 0.717) is 12.6 Å². The summed E-state index contributed by atoms with van der Waals surface area (Å²) in [5, 5.41) is 10.0. The van der Waals surface area contributed by atoms with Crippen molar-refractivity contribution in [2.24, 2.45) is 7.05 Å². The third kappa shape index (κ3) is 2.99. The fraction of sp³-hybridized carbons (Fsp3) is 0.667. The van der Waals surface area contributed by atoms with E-state index < -0.39 is 0 Å². The van der Waals surface area contributed by atoms with Crippen molar-refractivity contribution in [1.29, 1.82) is 0 Å². The Morgan fingerprint density at radius 2 is 2.24 bits per heavy atom. The molecule has 5 heteroatoms. The van der Waals surface area contributed by atoms with Gasteiger partial charge in [0.1, 0.15) is 0 Å². The standard InChI is InChI=1S/C12H20N4O/c1-9-10(8-14-16(9)2)7-13-12(17)15-11-5-3-4-6-11/h8,11H,3-7H2,1-2H3,(H2,13,15,17). The third-order valence-corrected chi connectivity index (χ3v) is 3.47. The number of aryl methyl sites for hydroxylation is 1. The van der Waals surface area contributed by atoms with Crippen LogP contribution < -0.4 is 10.6 Å². The zero-order valence-electron chi connectivity index (χ0n) is 10.5. The molecule has 1 heterocycles. The molecule has 0 aromatic carbocycles. The fourth-order valence-corrected chi connectivity index (χ4v) is 2.20. The van der Waals surface area contributed by atoms with Gasteiger partial charge in [-0.2, -0.15) is 5.10 Å². The Balaban J connectivity index is 1.77. The Hall–Kier alpha value is -1.52. The molecule has 1 saturated carbocycles. The molecule has 2 N–H and O–H groups in total. The van der Waals surface area contributed by atoms with Gasteiger partial charge in [0.05, 0.1) is 6.20 Å². The van der Waals surface area contributed by atoms with Crippen LogP contribution in [0.4, 0.5) is 4.79 Å². The predicted octanol–water partition coefficient (Wildman–Crippen LogP) is 1.47. The number of rotatable bonds is 3. The Labute approximate surface area is 102 Å². The van der Waals surface area contributed by atoms with Crippen molar-refractivity contribution in [3.8, 4) is 0 Å². The van der Waals surface area contributed by atoms with Gasteiger partial charge in [-0.25, -0.2) is 4.79 Å². The highest BCUT2D eigenvalue weighted by Gasteiger charge is 2.16. The quantitative estimate of drug-likeness (QED) is 0.835. The van der Waals surface area contributed by atoms with E-state index >= 15 is 0 Å². The Bertz CT molecular complexity index is 393. The molecule has 2 amide bonds. The summed E-state index contributed by atoms with van der Waals surface area (Å²) in [6.07, 6.45) is 6.48. The first kappa shape index (κ1) is 12.0. The van der Waals surface area contributed by atoms with Crippen LogP contribution in [0, 0.1) is 6.92 Å². The summed E-state index contributed by atoms with van der Waals surface area (Å²) in [5.41, 5.74) is 2.15. The molecule has 0 radical (unpaired) electrons. The van der Waals surface area contributed by atoms with Crippen LogP contribution in [0.15, 0.2) is 6.20 Å². The molecule has 0 saturated heterocycles. The molecular weight excluding hydrogens is 216 g/mol. The monoisotopic (exact) mass is 236 g/mol. The van der Waals surface area contributed by atoms with Crippen molar-refractivity contribution in [2.45, 2.75) is 45.2 Å². The highest BCUT2D eigenvalue weighted by Crippen LogP contribution is 2.17. The van der Waals surface area contributed by atoms with Gasteiger partial charge in [0.15, 0.2) is 0 Å². The Morgan fingerprint density at radius 3 is 2.82 bits per heavy atom. The SMILES string of the molecule is Cc1c(CNC(=O)NC2CCCC2)cnn1C. The Kier molecular flexibility index (Phi) is 3.66. The minimum absolute atomic E-state index is 0.0693. The molecule has 2 rings (SSSR count). The molecule has 1 aromatic rings. The minimum Gasteiger partial charge on any atom is -0.335 e. The zero-order chi connectivity index (χ0) is 12.3. The van der Waals surface area contributed by atoms with E-state index in [0.717, 1.165) is 24.1 Å². The first-order valence-corrected chi connectivity index (χ1v) is 6.18. The maximum absolute atomic E-state index is 11.6. The molecule has 1 fully saturated rings. The smallest absolute Gasteiger partial charge is 0.315 e. The summed E-state index contributed by atoms with van der Waals surface area (Å²) < 4.78 is 1.81. The molecule has 1 aliphatic carbocycles. The van der Waals surface area contributed by atoms with E-state index in [4.69, 9.17) is 0 Å². The Morgan fingerprint density at radius 1 is 1.53 bits per heavy atom. The van der Waals surface area contributed by atoms with Crippen molar-refractivity contribution >= 4 is 6.03 Å². The molecule has 17 heavy (non-hydrogen) atoms. The normalized spacial score (nSPS) is 16.1. The summed E-state index contributed by atoms with van der Waals surface area (Å²) >= 11 is 0. The molecular formula is C12H20N4O. The highest BCUT2D eigenvalue weighted by molar-refractivity contribution is 5.74. The van der Waals surface area contributed by atoms with Crippen molar-refractivity contribution in [2.75, 3.05) is 0 Å². The molecule has 0 unspecified atom stereocenters. The van der Waals surface area contributed by atoms with Crippen molar-refractivity contribution in [3.63, 3.8) is 0 Å². The lowest BCUT2D eigenvalue weighted by Gasteiger charge is -2.12. The van der Waals surface area contributed by atoms with Gasteiger partial charge in [-0.15, -0.1) is 0 Å². The van der Waals surface area contributed by atoms with Gasteiger partial charge in [0, 0.05) is 30.9 Å². The van der Waals surface area contributed by atoms with Gasteiger partial charge in [-0.1, -0.05) is 12.8 Å². The average Bonchev–Trinajstić information content (AvgIpc) is 2.90. The average molecular weight is 236 g/mol. The van der Waals surface area contributed by atoms with E-state index in [1.807, 2.05) is 18.7 Å². The molecule has 0 atom stereocenters. The maximum atomic E-state index is 11.6. The van der Waals surface area contributed by atoms with Crippen molar-refractivity contribution in [3.05, 3.63) is 17.5 Å². The molecule has 94 valence electrons. The molecule has 1 aromatic heterocycles. The summed E-state index contributed by atoms with van der Waals surface area (Å²) in [6, 6.07) is 0.296. The number of nitrogens with one attached hydrogen (secondary N) is 2. The number of hydrogen-bond acceptors (Lipinski definition) is 2. The van der Waals surface area contributed by atoms with Gasteiger partial charge < -0.3 is 10.6 Å². The second-order valence-corrected chi connectivity index (χ2v) is 4.69. The van der Waals surface area contributed by atoms with Gasteiger partial charge in [-0.05, 0) is 19.8 Å². The van der Waals surface area contributed by atoms with Gasteiger partial charge in [-0.3, -0.25) is 4.68 Å². The first-order chi connectivity index (χ1) is 8.16. The van der Waals surface area contributed by atoms with Gasteiger partial charge in [0.25, 0.3) is 0 Å². The third-order valence-electron chi connectivity index (χ3n) is 3.47. The van der Waals surface area contributed by atoms with E-state index in [9.17, 15) is 4.79 Å². The van der Waals surface area contributed by atoms with Crippen LogP contribution in [0.5, 0.6) is 0 Å². The van der Waals surface area contributed by atoms with Gasteiger partial charge in [0.2, 0.25) is 0 Å². The van der Waals surface area contributed by atoms with Gasteiger partial charge >= 0.3 is 6.03 Å². The van der Waals surface area contributed by atoms with Crippen LogP contribution >= 0.6 is 0 Å². The van der Waals surface area contributed by atoms with Crippen LogP contribution in [0.2, 0.25) is 0 Å².